The number of carbonyl (C=O) groups excluding carboxylic acids is 2. The number of methoxy groups -OCH3 is 1. The summed E-state index contributed by atoms with van der Waals surface area (Å²) in [5, 5.41) is 10.0. The van der Waals surface area contributed by atoms with Crippen LogP contribution >= 0.6 is 24.8 Å². The molecule has 1 fully saturated rings. The van der Waals surface area contributed by atoms with E-state index in [1.165, 1.54) is 0 Å². The van der Waals surface area contributed by atoms with E-state index >= 15 is 0 Å². The summed E-state index contributed by atoms with van der Waals surface area (Å²) in [6.07, 6.45) is 7.35. The van der Waals surface area contributed by atoms with Crippen molar-refractivity contribution < 1.29 is 19.1 Å². The molecule has 9 nitrogen and oxygen atoms in total. The molecule has 1 unspecified atom stereocenters. The Labute approximate surface area is 278 Å². The van der Waals surface area contributed by atoms with Crippen LogP contribution in [0.4, 0.5) is 5.69 Å². The van der Waals surface area contributed by atoms with Crippen molar-refractivity contribution in [2.45, 2.75) is 51.2 Å². The summed E-state index contributed by atoms with van der Waals surface area (Å²) in [5.74, 6) is 1.28. The van der Waals surface area contributed by atoms with E-state index in [0.717, 1.165) is 61.5 Å². The van der Waals surface area contributed by atoms with Gasteiger partial charge >= 0.3 is 0 Å². The van der Waals surface area contributed by atoms with Crippen molar-refractivity contribution in [3.63, 3.8) is 0 Å². The molecule has 2 amide bonds. The van der Waals surface area contributed by atoms with Crippen LogP contribution in [0.1, 0.15) is 54.6 Å². The van der Waals surface area contributed by atoms with Crippen molar-refractivity contribution in [3.8, 4) is 11.5 Å². The van der Waals surface area contributed by atoms with Gasteiger partial charge in [-0.15, -0.1) is 24.8 Å². The summed E-state index contributed by atoms with van der Waals surface area (Å²) in [6, 6.07) is 11.5. The van der Waals surface area contributed by atoms with Crippen molar-refractivity contribution in [1.82, 2.24) is 15.1 Å². The number of allylic oxidation sites excluding steroid dienone is 2. The Bertz CT molecular complexity index is 1460. The number of hydrogen-bond donors (Lipinski definition) is 1. The zero-order valence-corrected chi connectivity index (χ0v) is 28.4. The maximum atomic E-state index is 13.9. The lowest BCUT2D eigenvalue weighted by Crippen LogP contribution is -2.54. The molecular weight excluding hydrogens is 613 g/mol. The number of nitrogens with one attached hydrogen (secondary N) is 1. The monoisotopic (exact) mass is 657 g/mol. The minimum Gasteiger partial charge on any atom is -0.493 e. The van der Waals surface area contributed by atoms with Crippen LogP contribution in [0.25, 0.3) is 0 Å². The molecule has 0 saturated carbocycles. The molecule has 3 aliphatic heterocycles. The number of hydrazone groups is 1. The predicted octanol–water partition coefficient (Wildman–Crippen LogP) is 4.95. The van der Waals surface area contributed by atoms with Gasteiger partial charge in [0.2, 0.25) is 0 Å². The first-order chi connectivity index (χ1) is 20.7. The molecule has 2 aromatic carbocycles. The molecule has 11 heteroatoms. The largest absolute Gasteiger partial charge is 0.493 e. The van der Waals surface area contributed by atoms with Crippen LogP contribution < -0.4 is 19.8 Å². The summed E-state index contributed by atoms with van der Waals surface area (Å²) in [4.78, 5) is 31.6. The normalized spacial score (nSPS) is 23.3. The van der Waals surface area contributed by atoms with Gasteiger partial charge in [-0.3, -0.25) is 9.59 Å². The number of fused-ring (bicyclic) bond motifs is 2. The van der Waals surface area contributed by atoms with Crippen molar-refractivity contribution in [2.75, 3.05) is 52.4 Å². The van der Waals surface area contributed by atoms with E-state index in [9.17, 15) is 9.59 Å². The Kier molecular flexibility index (Phi) is 10.9. The number of halogens is 2. The molecule has 0 radical (unpaired) electrons. The molecule has 3 heterocycles. The minimum atomic E-state index is -0.361. The number of ether oxygens (including phenoxy) is 2. The lowest BCUT2D eigenvalue weighted by Gasteiger charge is -2.37. The topological polar surface area (TPSA) is 86.7 Å². The minimum absolute atomic E-state index is 0. The first-order valence-electron chi connectivity index (χ1n) is 15.4. The molecule has 0 aromatic heterocycles. The number of nitrogens with zero attached hydrogens (tertiary/aromatic N) is 4. The van der Waals surface area contributed by atoms with Gasteiger partial charge in [0.25, 0.3) is 11.8 Å². The molecule has 0 spiro atoms. The van der Waals surface area contributed by atoms with Crippen molar-refractivity contribution in [2.24, 2.45) is 16.9 Å². The van der Waals surface area contributed by atoms with Crippen LogP contribution in [0.3, 0.4) is 0 Å². The molecule has 4 aliphatic rings. The zero-order chi connectivity index (χ0) is 30.3. The number of hydrogen-bond acceptors (Lipinski definition) is 7. The van der Waals surface area contributed by atoms with Crippen LogP contribution in [0, 0.1) is 11.8 Å². The second kappa shape index (κ2) is 14.1. The number of anilines is 1. The highest BCUT2D eigenvalue weighted by Gasteiger charge is 2.43. The molecular formula is C34H45Cl2N5O4. The number of benzene rings is 2. The Morgan fingerprint density at radius 2 is 1.80 bits per heavy atom. The number of piperazine rings is 1. The maximum absolute atomic E-state index is 13.9. The molecule has 244 valence electrons. The van der Waals surface area contributed by atoms with Crippen molar-refractivity contribution in [1.29, 1.82) is 0 Å². The Morgan fingerprint density at radius 3 is 2.49 bits per heavy atom. The highest BCUT2D eigenvalue weighted by Crippen LogP contribution is 2.46. The van der Waals surface area contributed by atoms with E-state index in [4.69, 9.17) is 14.6 Å². The van der Waals surface area contributed by atoms with E-state index < -0.39 is 0 Å². The van der Waals surface area contributed by atoms with Gasteiger partial charge in [0.15, 0.2) is 11.5 Å². The van der Waals surface area contributed by atoms with Crippen LogP contribution in [0.2, 0.25) is 0 Å². The lowest BCUT2D eigenvalue weighted by molar-refractivity contribution is -0.123. The molecule has 3 atom stereocenters. The van der Waals surface area contributed by atoms with E-state index in [2.05, 4.69) is 56.4 Å². The molecule has 6 rings (SSSR count). The third-order valence-corrected chi connectivity index (χ3v) is 9.10. The fourth-order valence-corrected chi connectivity index (χ4v) is 6.85. The zero-order valence-electron chi connectivity index (χ0n) is 26.7. The average Bonchev–Trinajstić information content (AvgIpc) is 3.35. The summed E-state index contributed by atoms with van der Waals surface area (Å²) >= 11 is 0. The summed E-state index contributed by atoms with van der Waals surface area (Å²) < 4.78 is 12.0. The van der Waals surface area contributed by atoms with Crippen LogP contribution in [0.5, 0.6) is 11.5 Å². The van der Waals surface area contributed by atoms with E-state index in [1.807, 2.05) is 35.2 Å². The highest BCUT2D eigenvalue weighted by molar-refractivity contribution is 6.12. The second-order valence-corrected chi connectivity index (χ2v) is 12.9. The Morgan fingerprint density at radius 1 is 1.09 bits per heavy atom. The standard InChI is InChI=1S/C34H43N5O4.2ClH/c1-34(2)20-28-26(14-15-29(42-5)31(28)43-34)30-25-8-6-7-9-27(25)33(41)39(36-30)23-12-10-22(11-13-23)32(40)38-19-17-35-21-24(38)16-18-37(3)4;;/h6-7,10-15,24-25,27,35H,8-9,16-21H2,1-5H3;2*1H/t24?,25-,27+;;/m0../s1. The van der Waals surface area contributed by atoms with Gasteiger partial charge in [0.1, 0.15) is 5.60 Å². The van der Waals surface area contributed by atoms with E-state index in [-0.39, 0.29) is 60.1 Å². The van der Waals surface area contributed by atoms with Crippen LogP contribution in [0.15, 0.2) is 53.7 Å². The van der Waals surface area contributed by atoms with Gasteiger partial charge < -0.3 is 24.6 Å². The van der Waals surface area contributed by atoms with Crippen LogP contribution in [-0.2, 0) is 11.2 Å². The number of rotatable bonds is 7. The predicted molar refractivity (Wildman–Crippen MR) is 183 cm³/mol. The third kappa shape index (κ3) is 6.87. The average molecular weight is 659 g/mol. The summed E-state index contributed by atoms with van der Waals surface area (Å²) in [7, 11) is 5.77. The lowest BCUT2D eigenvalue weighted by atomic mass is 9.75. The maximum Gasteiger partial charge on any atom is 0.254 e. The third-order valence-electron chi connectivity index (χ3n) is 9.10. The van der Waals surface area contributed by atoms with Gasteiger partial charge in [-0.05, 0) is 90.1 Å². The quantitative estimate of drug-likeness (QED) is 0.424. The molecule has 1 saturated heterocycles. The van der Waals surface area contributed by atoms with Crippen LogP contribution in [-0.4, -0.2) is 86.4 Å². The number of carbonyl (C=O) groups is 2. The Balaban J connectivity index is 0.00000230. The van der Waals surface area contributed by atoms with Crippen molar-refractivity contribution in [3.05, 3.63) is 65.2 Å². The summed E-state index contributed by atoms with van der Waals surface area (Å²) in [5.41, 5.74) is 3.92. The smallest absolute Gasteiger partial charge is 0.254 e. The first kappa shape index (κ1) is 34.8. The molecule has 45 heavy (non-hydrogen) atoms. The van der Waals surface area contributed by atoms with Gasteiger partial charge in [-0.1, -0.05) is 12.2 Å². The van der Waals surface area contributed by atoms with Gasteiger partial charge in [-0.25, -0.2) is 5.01 Å². The molecule has 0 bridgehead atoms. The van der Waals surface area contributed by atoms with E-state index in [0.29, 0.717) is 30.0 Å². The molecule has 1 N–H and O–H groups in total. The van der Waals surface area contributed by atoms with Gasteiger partial charge in [0.05, 0.1) is 24.4 Å². The van der Waals surface area contributed by atoms with Crippen molar-refractivity contribution >= 4 is 48.0 Å². The molecule has 1 aliphatic carbocycles. The van der Waals surface area contributed by atoms with Gasteiger partial charge in [0, 0.05) is 54.7 Å². The fraction of sp³-hybridized carbons (Fsp3) is 0.500. The SMILES string of the molecule is COc1ccc(C2=NN(c3ccc(C(=O)N4CCNCC4CCN(C)C)cc3)C(=O)[C@@H]3CC=CC[C@H]23)c2c1OC(C)(C)C2.Cl.Cl. The second-order valence-electron chi connectivity index (χ2n) is 12.9. The Hall–Kier alpha value is -3.11. The van der Waals surface area contributed by atoms with Gasteiger partial charge in [-0.2, -0.15) is 5.10 Å². The number of amides is 2. The highest BCUT2D eigenvalue weighted by atomic mass is 35.5. The molecule has 2 aromatic rings. The fourth-order valence-electron chi connectivity index (χ4n) is 6.85. The first-order valence-corrected chi connectivity index (χ1v) is 15.4. The van der Waals surface area contributed by atoms with E-state index in [1.54, 1.807) is 12.1 Å². The summed E-state index contributed by atoms with van der Waals surface area (Å²) in [6.45, 7) is 7.34.